The Morgan fingerprint density at radius 1 is 1.44 bits per heavy atom. The lowest BCUT2D eigenvalue weighted by molar-refractivity contribution is 0.626. The number of hydrogen-bond donors (Lipinski definition) is 1. The number of hydrogen-bond acceptors (Lipinski definition) is 3. The van der Waals surface area contributed by atoms with Gasteiger partial charge in [-0.2, -0.15) is 0 Å². The summed E-state index contributed by atoms with van der Waals surface area (Å²) < 4.78 is 0. The van der Waals surface area contributed by atoms with Gasteiger partial charge >= 0.3 is 0 Å². The molecule has 2 aromatic rings. The standard InChI is InChI=1S/C15H18N2S/c1-2-16-14(15-17-8-9-18-15)13-5-3-4-12(10-13)11-6-7-11/h3-5,8-11,14,16H,2,6-7H2,1H3. The summed E-state index contributed by atoms with van der Waals surface area (Å²) in [6.45, 7) is 3.10. The first kappa shape index (κ1) is 11.9. The van der Waals surface area contributed by atoms with Crippen LogP contribution in [0.5, 0.6) is 0 Å². The molecule has 1 atom stereocenters. The fourth-order valence-electron chi connectivity index (χ4n) is 2.34. The fourth-order valence-corrected chi connectivity index (χ4v) is 3.08. The third-order valence-electron chi connectivity index (χ3n) is 3.40. The molecule has 1 fully saturated rings. The molecule has 3 rings (SSSR count). The summed E-state index contributed by atoms with van der Waals surface area (Å²) in [5, 5.41) is 6.74. The number of thiazole rings is 1. The summed E-state index contributed by atoms with van der Waals surface area (Å²) in [6.07, 6.45) is 4.59. The van der Waals surface area contributed by atoms with Gasteiger partial charge in [0.1, 0.15) is 5.01 Å². The Balaban J connectivity index is 1.91. The third-order valence-corrected chi connectivity index (χ3v) is 4.24. The zero-order valence-corrected chi connectivity index (χ0v) is 11.4. The molecular formula is C15H18N2S. The lowest BCUT2D eigenvalue weighted by atomic mass is 10.0. The average molecular weight is 258 g/mol. The van der Waals surface area contributed by atoms with E-state index in [-0.39, 0.29) is 6.04 Å². The van der Waals surface area contributed by atoms with Crippen LogP contribution in [0, 0.1) is 0 Å². The molecule has 0 amide bonds. The smallest absolute Gasteiger partial charge is 0.114 e. The topological polar surface area (TPSA) is 24.9 Å². The quantitative estimate of drug-likeness (QED) is 0.884. The molecule has 0 aliphatic heterocycles. The lowest BCUT2D eigenvalue weighted by Gasteiger charge is -2.16. The van der Waals surface area contributed by atoms with E-state index in [0.717, 1.165) is 17.5 Å². The number of nitrogens with one attached hydrogen (secondary N) is 1. The van der Waals surface area contributed by atoms with E-state index in [1.54, 1.807) is 11.3 Å². The van der Waals surface area contributed by atoms with Gasteiger partial charge in [0.25, 0.3) is 0 Å². The first-order chi connectivity index (χ1) is 8.88. The van der Waals surface area contributed by atoms with Crippen molar-refractivity contribution in [2.24, 2.45) is 0 Å². The summed E-state index contributed by atoms with van der Waals surface area (Å²) in [6, 6.07) is 9.24. The van der Waals surface area contributed by atoms with E-state index in [1.807, 2.05) is 11.6 Å². The van der Waals surface area contributed by atoms with Crippen molar-refractivity contribution in [1.82, 2.24) is 10.3 Å². The maximum absolute atomic E-state index is 4.46. The first-order valence-electron chi connectivity index (χ1n) is 6.61. The zero-order valence-electron chi connectivity index (χ0n) is 10.6. The summed E-state index contributed by atoms with van der Waals surface area (Å²) >= 11 is 1.72. The van der Waals surface area contributed by atoms with E-state index < -0.39 is 0 Å². The predicted octanol–water partition coefficient (Wildman–Crippen LogP) is 3.72. The van der Waals surface area contributed by atoms with Crippen molar-refractivity contribution in [3.05, 3.63) is 52.0 Å². The molecule has 1 N–H and O–H groups in total. The van der Waals surface area contributed by atoms with Crippen molar-refractivity contribution < 1.29 is 0 Å². The van der Waals surface area contributed by atoms with Gasteiger partial charge in [0.15, 0.2) is 0 Å². The minimum absolute atomic E-state index is 0.244. The normalized spacial score (nSPS) is 16.7. The van der Waals surface area contributed by atoms with Crippen LogP contribution in [0.15, 0.2) is 35.8 Å². The van der Waals surface area contributed by atoms with Gasteiger partial charge in [-0.05, 0) is 36.4 Å². The first-order valence-corrected chi connectivity index (χ1v) is 7.49. The van der Waals surface area contributed by atoms with Gasteiger partial charge in [0.05, 0.1) is 6.04 Å². The molecule has 1 aromatic heterocycles. The number of aromatic nitrogens is 1. The molecule has 1 aliphatic carbocycles. The monoisotopic (exact) mass is 258 g/mol. The number of rotatable bonds is 5. The molecule has 0 saturated heterocycles. The third kappa shape index (κ3) is 2.47. The lowest BCUT2D eigenvalue weighted by Crippen LogP contribution is -2.21. The van der Waals surface area contributed by atoms with E-state index in [1.165, 1.54) is 24.0 Å². The molecule has 2 nitrogen and oxygen atoms in total. The van der Waals surface area contributed by atoms with E-state index in [0.29, 0.717) is 0 Å². The molecule has 0 spiro atoms. The maximum atomic E-state index is 4.46. The molecule has 1 heterocycles. The average Bonchev–Trinajstić information content (AvgIpc) is 3.13. The highest BCUT2D eigenvalue weighted by Gasteiger charge is 2.24. The summed E-state index contributed by atoms with van der Waals surface area (Å²) in [5.74, 6) is 0.809. The fraction of sp³-hybridized carbons (Fsp3) is 0.400. The molecule has 1 aliphatic rings. The van der Waals surface area contributed by atoms with Crippen LogP contribution in [0.2, 0.25) is 0 Å². The van der Waals surface area contributed by atoms with E-state index in [2.05, 4.69) is 41.5 Å². The second-order valence-electron chi connectivity index (χ2n) is 4.81. The Labute approximate surface area is 112 Å². The van der Waals surface area contributed by atoms with E-state index >= 15 is 0 Å². The van der Waals surface area contributed by atoms with Crippen molar-refractivity contribution in [3.8, 4) is 0 Å². The van der Waals surface area contributed by atoms with Gasteiger partial charge in [-0.15, -0.1) is 11.3 Å². The van der Waals surface area contributed by atoms with Crippen LogP contribution in [0.3, 0.4) is 0 Å². The minimum Gasteiger partial charge on any atom is -0.305 e. The molecule has 1 unspecified atom stereocenters. The van der Waals surface area contributed by atoms with Crippen molar-refractivity contribution in [1.29, 1.82) is 0 Å². The van der Waals surface area contributed by atoms with Crippen LogP contribution in [0.4, 0.5) is 0 Å². The van der Waals surface area contributed by atoms with Gasteiger partial charge in [0.2, 0.25) is 0 Å². The summed E-state index contributed by atoms with van der Waals surface area (Å²) in [4.78, 5) is 4.46. The van der Waals surface area contributed by atoms with Crippen LogP contribution in [0.1, 0.15) is 47.9 Å². The minimum atomic E-state index is 0.244. The highest BCUT2D eigenvalue weighted by molar-refractivity contribution is 7.09. The molecule has 0 radical (unpaired) electrons. The van der Waals surface area contributed by atoms with Crippen LogP contribution in [-0.4, -0.2) is 11.5 Å². The second-order valence-corrected chi connectivity index (χ2v) is 5.73. The van der Waals surface area contributed by atoms with Crippen molar-refractivity contribution in [2.45, 2.75) is 31.7 Å². The van der Waals surface area contributed by atoms with Crippen molar-refractivity contribution in [3.63, 3.8) is 0 Å². The highest BCUT2D eigenvalue weighted by Crippen LogP contribution is 2.40. The van der Waals surface area contributed by atoms with Gasteiger partial charge < -0.3 is 5.32 Å². The van der Waals surface area contributed by atoms with Crippen LogP contribution in [0.25, 0.3) is 0 Å². The SMILES string of the molecule is CCNC(c1cccc(C2CC2)c1)c1nccs1. The molecule has 0 bridgehead atoms. The molecule has 1 aromatic carbocycles. The summed E-state index contributed by atoms with van der Waals surface area (Å²) in [5.41, 5.74) is 2.84. The Hall–Kier alpha value is -1.19. The zero-order chi connectivity index (χ0) is 12.4. The molecule has 3 heteroatoms. The van der Waals surface area contributed by atoms with Gasteiger partial charge in [0, 0.05) is 11.6 Å². The molecule has 94 valence electrons. The largest absolute Gasteiger partial charge is 0.305 e. The van der Waals surface area contributed by atoms with Crippen LogP contribution in [-0.2, 0) is 0 Å². The van der Waals surface area contributed by atoms with Crippen molar-refractivity contribution >= 4 is 11.3 Å². The summed E-state index contributed by atoms with van der Waals surface area (Å²) in [7, 11) is 0. The molecular weight excluding hydrogens is 240 g/mol. The Bertz CT molecular complexity index is 503. The second kappa shape index (κ2) is 5.21. The highest BCUT2D eigenvalue weighted by atomic mass is 32.1. The number of benzene rings is 1. The van der Waals surface area contributed by atoms with E-state index in [9.17, 15) is 0 Å². The van der Waals surface area contributed by atoms with Gasteiger partial charge in [-0.3, -0.25) is 0 Å². The van der Waals surface area contributed by atoms with E-state index in [4.69, 9.17) is 0 Å². The molecule has 18 heavy (non-hydrogen) atoms. The maximum Gasteiger partial charge on any atom is 0.114 e. The van der Waals surface area contributed by atoms with Gasteiger partial charge in [-0.25, -0.2) is 4.98 Å². The Morgan fingerprint density at radius 3 is 3.00 bits per heavy atom. The number of nitrogens with zero attached hydrogens (tertiary/aromatic N) is 1. The van der Waals surface area contributed by atoms with Gasteiger partial charge in [-0.1, -0.05) is 31.2 Å². The molecule has 1 saturated carbocycles. The van der Waals surface area contributed by atoms with Crippen molar-refractivity contribution in [2.75, 3.05) is 6.54 Å². The van der Waals surface area contributed by atoms with Crippen LogP contribution < -0.4 is 5.32 Å². The van der Waals surface area contributed by atoms with Crippen LogP contribution >= 0.6 is 11.3 Å². The predicted molar refractivity (Wildman–Crippen MR) is 76.1 cm³/mol. The Kier molecular flexibility index (Phi) is 3.43. The Morgan fingerprint density at radius 2 is 2.33 bits per heavy atom.